The van der Waals surface area contributed by atoms with Gasteiger partial charge in [0, 0.05) is 36.6 Å². The van der Waals surface area contributed by atoms with Gasteiger partial charge in [0.15, 0.2) is 0 Å². The summed E-state index contributed by atoms with van der Waals surface area (Å²) in [7, 11) is 0. The van der Waals surface area contributed by atoms with Crippen LogP contribution in [0.15, 0.2) is 10.6 Å². The van der Waals surface area contributed by atoms with Gasteiger partial charge in [-0.2, -0.15) is 0 Å². The minimum Gasteiger partial charge on any atom is -0.356 e. The molecule has 0 heterocycles. The third-order valence-electron chi connectivity index (χ3n) is 1.32. The van der Waals surface area contributed by atoms with Gasteiger partial charge in [-0.25, -0.2) is 0 Å². The van der Waals surface area contributed by atoms with Crippen LogP contribution in [-0.2, 0) is 4.79 Å². The Balaban J connectivity index is 3.30. The molecule has 0 fully saturated rings. The molecule has 2 N–H and O–H groups in total. The molecule has 0 aromatic rings. The number of halogens is 2. The van der Waals surface area contributed by atoms with Crippen LogP contribution in [0.5, 0.6) is 0 Å². The Bertz CT molecular complexity index is 183. The topological polar surface area (TPSA) is 41.1 Å². The van der Waals surface area contributed by atoms with E-state index in [2.05, 4.69) is 10.6 Å². The maximum absolute atomic E-state index is 10.9. The molecule has 0 atom stereocenters. The molecule has 0 saturated carbocycles. The number of nitrogens with one attached hydrogen (secondary N) is 2. The molecule has 0 radical (unpaired) electrons. The van der Waals surface area contributed by atoms with Crippen LogP contribution in [-0.4, -0.2) is 25.5 Å². The summed E-state index contributed by atoms with van der Waals surface area (Å²) in [5.74, 6) is 0.0426. The fourth-order valence-electron chi connectivity index (χ4n) is 0.734. The number of amides is 1. The predicted molar refractivity (Wildman–Crippen MR) is 56.0 cm³/mol. The fraction of sp³-hybridized carbons (Fsp3) is 0.625. The van der Waals surface area contributed by atoms with Gasteiger partial charge in [0.1, 0.15) is 0 Å². The Kier molecular flexibility index (Phi) is 8.19. The molecule has 0 aromatic heterocycles. The van der Waals surface area contributed by atoms with E-state index in [1.807, 2.05) is 6.92 Å². The maximum atomic E-state index is 10.9. The first-order chi connectivity index (χ1) is 6.20. The van der Waals surface area contributed by atoms with E-state index in [-0.39, 0.29) is 5.91 Å². The van der Waals surface area contributed by atoms with Crippen LogP contribution in [0.1, 0.15) is 13.3 Å². The van der Waals surface area contributed by atoms with E-state index in [4.69, 9.17) is 23.2 Å². The van der Waals surface area contributed by atoms with Crippen molar-refractivity contribution in [1.29, 1.82) is 0 Å². The molecular weight excluding hydrogens is 211 g/mol. The van der Waals surface area contributed by atoms with Crippen LogP contribution in [0.4, 0.5) is 0 Å². The molecule has 0 unspecified atom stereocenters. The zero-order valence-corrected chi connectivity index (χ0v) is 9.08. The van der Waals surface area contributed by atoms with Gasteiger partial charge in [0.05, 0.1) is 0 Å². The second-order valence-electron chi connectivity index (χ2n) is 2.44. The molecule has 0 aliphatic rings. The van der Waals surface area contributed by atoms with E-state index in [0.717, 1.165) is 0 Å². The largest absolute Gasteiger partial charge is 0.356 e. The van der Waals surface area contributed by atoms with Crippen LogP contribution in [0, 0.1) is 0 Å². The van der Waals surface area contributed by atoms with Gasteiger partial charge in [-0.3, -0.25) is 4.79 Å². The monoisotopic (exact) mass is 224 g/mol. The van der Waals surface area contributed by atoms with E-state index in [9.17, 15) is 4.79 Å². The Morgan fingerprint density at radius 2 is 2.23 bits per heavy atom. The minimum atomic E-state index is 0.0426. The molecule has 0 rings (SSSR count). The first-order valence-electron chi connectivity index (χ1n) is 4.12. The third-order valence-corrected chi connectivity index (χ3v) is 1.93. The normalized spacial score (nSPS) is 11.5. The summed E-state index contributed by atoms with van der Waals surface area (Å²) in [6.45, 7) is 3.66. The standard InChI is InChI=1S/C8H14Cl2N2O/c1-2-12-8(13)3-4-11-6-7(10)5-9/h5,11H,2-4,6H2,1H3,(H,12,13). The van der Waals surface area contributed by atoms with Crippen LogP contribution < -0.4 is 10.6 Å². The van der Waals surface area contributed by atoms with Gasteiger partial charge in [0.25, 0.3) is 0 Å². The van der Waals surface area contributed by atoms with Crippen molar-refractivity contribution in [3.8, 4) is 0 Å². The van der Waals surface area contributed by atoms with Crippen molar-refractivity contribution in [3.63, 3.8) is 0 Å². The molecule has 0 bridgehead atoms. The SMILES string of the molecule is CCNC(=O)CCNCC(Cl)=CCl. The lowest BCUT2D eigenvalue weighted by Gasteiger charge is -2.03. The number of rotatable bonds is 6. The smallest absolute Gasteiger partial charge is 0.221 e. The Labute approximate surface area is 88.5 Å². The molecule has 0 aliphatic heterocycles. The highest BCUT2D eigenvalue weighted by Gasteiger charge is 1.98. The molecule has 1 amide bonds. The molecule has 0 aliphatic carbocycles. The second kappa shape index (κ2) is 8.35. The summed E-state index contributed by atoms with van der Waals surface area (Å²) in [5.41, 5.74) is 1.31. The number of carbonyl (C=O) groups is 1. The van der Waals surface area contributed by atoms with E-state index < -0.39 is 0 Å². The molecule has 5 heteroatoms. The quantitative estimate of drug-likeness (QED) is 0.671. The van der Waals surface area contributed by atoms with Gasteiger partial charge < -0.3 is 10.6 Å². The van der Waals surface area contributed by atoms with Crippen molar-refractivity contribution in [2.24, 2.45) is 0 Å². The van der Waals surface area contributed by atoms with Crippen molar-refractivity contribution in [1.82, 2.24) is 10.6 Å². The molecule has 0 spiro atoms. The summed E-state index contributed by atoms with van der Waals surface area (Å²) in [4.78, 5) is 10.9. The highest BCUT2D eigenvalue weighted by Crippen LogP contribution is 1.99. The molecule has 76 valence electrons. The van der Waals surface area contributed by atoms with E-state index in [1.165, 1.54) is 5.54 Å². The zero-order chi connectivity index (χ0) is 10.1. The van der Waals surface area contributed by atoms with Crippen LogP contribution >= 0.6 is 23.2 Å². The molecule has 0 aromatic carbocycles. The van der Waals surface area contributed by atoms with E-state index in [1.54, 1.807) is 0 Å². The first-order valence-corrected chi connectivity index (χ1v) is 4.94. The van der Waals surface area contributed by atoms with E-state index >= 15 is 0 Å². The lowest BCUT2D eigenvalue weighted by atomic mass is 10.4. The summed E-state index contributed by atoms with van der Waals surface area (Å²) in [6.07, 6.45) is 0.459. The Morgan fingerprint density at radius 1 is 1.54 bits per heavy atom. The van der Waals surface area contributed by atoms with Gasteiger partial charge in [0.2, 0.25) is 5.91 Å². The van der Waals surface area contributed by atoms with Crippen LogP contribution in [0.3, 0.4) is 0 Å². The third kappa shape index (κ3) is 8.09. The van der Waals surface area contributed by atoms with Crippen molar-refractivity contribution < 1.29 is 4.79 Å². The summed E-state index contributed by atoms with van der Waals surface area (Å²) < 4.78 is 0. The average molecular weight is 225 g/mol. The summed E-state index contributed by atoms with van der Waals surface area (Å²) in [5, 5.41) is 6.21. The predicted octanol–water partition coefficient (Wildman–Crippen LogP) is 1.42. The van der Waals surface area contributed by atoms with Crippen molar-refractivity contribution in [3.05, 3.63) is 10.6 Å². The lowest BCUT2D eigenvalue weighted by molar-refractivity contribution is -0.120. The highest BCUT2D eigenvalue weighted by molar-refractivity contribution is 6.36. The molecule has 3 nitrogen and oxygen atoms in total. The highest BCUT2D eigenvalue weighted by atomic mass is 35.5. The maximum Gasteiger partial charge on any atom is 0.221 e. The minimum absolute atomic E-state index is 0.0426. The number of carbonyl (C=O) groups excluding carboxylic acids is 1. The first kappa shape index (κ1) is 12.8. The van der Waals surface area contributed by atoms with Crippen molar-refractivity contribution >= 4 is 29.1 Å². The molecule has 0 saturated heterocycles. The van der Waals surface area contributed by atoms with Gasteiger partial charge in [-0.15, -0.1) is 0 Å². The van der Waals surface area contributed by atoms with Crippen molar-refractivity contribution in [2.75, 3.05) is 19.6 Å². The Morgan fingerprint density at radius 3 is 2.77 bits per heavy atom. The van der Waals surface area contributed by atoms with Gasteiger partial charge in [-0.1, -0.05) is 23.2 Å². The number of hydrogen-bond donors (Lipinski definition) is 2. The van der Waals surface area contributed by atoms with Crippen LogP contribution in [0.2, 0.25) is 0 Å². The number of hydrogen-bond acceptors (Lipinski definition) is 2. The van der Waals surface area contributed by atoms with Crippen LogP contribution in [0.25, 0.3) is 0 Å². The van der Waals surface area contributed by atoms with Gasteiger partial charge >= 0.3 is 0 Å². The summed E-state index contributed by atoms with van der Waals surface area (Å²) in [6, 6.07) is 0. The van der Waals surface area contributed by atoms with E-state index in [0.29, 0.717) is 31.1 Å². The second-order valence-corrected chi connectivity index (χ2v) is 3.14. The average Bonchev–Trinajstić information content (AvgIpc) is 2.12. The zero-order valence-electron chi connectivity index (χ0n) is 7.57. The van der Waals surface area contributed by atoms with Gasteiger partial charge in [-0.05, 0) is 6.92 Å². The Hall–Kier alpha value is -0.250. The van der Waals surface area contributed by atoms with Crippen molar-refractivity contribution in [2.45, 2.75) is 13.3 Å². The fourth-order valence-corrected chi connectivity index (χ4v) is 0.905. The molecular formula is C8H14Cl2N2O. The summed E-state index contributed by atoms with van der Waals surface area (Å²) >= 11 is 10.9. The lowest BCUT2D eigenvalue weighted by Crippen LogP contribution is -2.27. The molecule has 13 heavy (non-hydrogen) atoms.